The smallest absolute Gasteiger partial charge is 0.179 e. The van der Waals surface area contributed by atoms with Gasteiger partial charge in [0, 0.05) is 0 Å². The summed E-state index contributed by atoms with van der Waals surface area (Å²) in [7, 11) is 0. The van der Waals surface area contributed by atoms with E-state index >= 15 is 0 Å². The zero-order valence-electron chi connectivity index (χ0n) is 7.00. The number of fused-ring (bicyclic) bond motifs is 1. The van der Waals surface area contributed by atoms with Gasteiger partial charge in [-0.3, -0.25) is 4.79 Å². The lowest BCUT2D eigenvalue weighted by Gasteiger charge is -2.34. The van der Waals surface area contributed by atoms with Gasteiger partial charge in [-0.1, -0.05) is 0 Å². The number of rotatable bonds is 0. The van der Waals surface area contributed by atoms with Gasteiger partial charge in [0.1, 0.15) is 18.5 Å². The molecule has 0 aromatic rings. The molecule has 2 nitrogen and oxygen atoms in total. The van der Waals surface area contributed by atoms with E-state index in [4.69, 9.17) is 4.74 Å². The fraction of sp³-hybridized carbons (Fsp3) is 0.667. The lowest BCUT2D eigenvalue weighted by atomic mass is 9.81. The van der Waals surface area contributed by atoms with E-state index in [2.05, 4.69) is 15.9 Å². The van der Waals surface area contributed by atoms with Crippen molar-refractivity contribution >= 4 is 21.7 Å². The molecule has 3 atom stereocenters. The summed E-state index contributed by atoms with van der Waals surface area (Å²) in [6, 6.07) is 0. The first-order valence-corrected chi connectivity index (χ1v) is 5.17. The van der Waals surface area contributed by atoms with Crippen LogP contribution in [0.2, 0.25) is 0 Å². The SMILES string of the molecule is O=C1C(Br)=COC2CCC(F)CC12. The first-order valence-electron chi connectivity index (χ1n) is 4.38. The van der Waals surface area contributed by atoms with E-state index in [0.29, 0.717) is 23.7 Å². The first kappa shape index (κ1) is 9.19. The quantitative estimate of drug-likeness (QED) is 0.658. The number of alkyl halides is 1. The van der Waals surface area contributed by atoms with E-state index in [-0.39, 0.29) is 17.8 Å². The molecule has 0 radical (unpaired) electrons. The highest BCUT2D eigenvalue weighted by Gasteiger charge is 2.39. The second kappa shape index (κ2) is 3.40. The average molecular weight is 249 g/mol. The van der Waals surface area contributed by atoms with Crippen LogP contribution in [0.25, 0.3) is 0 Å². The Morgan fingerprint density at radius 1 is 1.54 bits per heavy atom. The van der Waals surface area contributed by atoms with Gasteiger partial charge in [-0.2, -0.15) is 0 Å². The van der Waals surface area contributed by atoms with Crippen LogP contribution in [0.4, 0.5) is 4.39 Å². The Balaban J connectivity index is 2.17. The molecule has 1 fully saturated rings. The zero-order chi connectivity index (χ0) is 9.42. The molecule has 2 rings (SSSR count). The molecule has 0 bridgehead atoms. The van der Waals surface area contributed by atoms with Crippen molar-refractivity contribution in [2.24, 2.45) is 5.92 Å². The predicted molar refractivity (Wildman–Crippen MR) is 49.1 cm³/mol. The van der Waals surface area contributed by atoms with Crippen molar-refractivity contribution in [3.05, 3.63) is 10.7 Å². The lowest BCUT2D eigenvalue weighted by molar-refractivity contribution is -0.127. The molecule has 2 aliphatic rings. The van der Waals surface area contributed by atoms with Crippen LogP contribution in [-0.2, 0) is 9.53 Å². The molecule has 1 saturated carbocycles. The average Bonchev–Trinajstić information content (AvgIpc) is 2.12. The number of allylic oxidation sites excluding steroid dienone is 1. The number of ketones is 1. The number of halogens is 2. The molecule has 0 N–H and O–H groups in total. The molecule has 0 saturated heterocycles. The minimum atomic E-state index is -0.841. The van der Waals surface area contributed by atoms with Gasteiger partial charge in [-0.15, -0.1) is 0 Å². The topological polar surface area (TPSA) is 26.3 Å². The maximum atomic E-state index is 13.0. The minimum Gasteiger partial charge on any atom is -0.496 e. The van der Waals surface area contributed by atoms with Crippen LogP contribution in [0, 0.1) is 5.92 Å². The van der Waals surface area contributed by atoms with Crippen LogP contribution in [0.3, 0.4) is 0 Å². The van der Waals surface area contributed by atoms with Gasteiger partial charge in [0.25, 0.3) is 0 Å². The maximum absolute atomic E-state index is 13.0. The molecule has 0 amide bonds. The van der Waals surface area contributed by atoms with Crippen molar-refractivity contribution in [3.8, 4) is 0 Å². The van der Waals surface area contributed by atoms with Gasteiger partial charge in [0.05, 0.1) is 10.4 Å². The van der Waals surface area contributed by atoms with Crippen molar-refractivity contribution in [2.75, 3.05) is 0 Å². The van der Waals surface area contributed by atoms with Crippen LogP contribution in [-0.4, -0.2) is 18.1 Å². The third-order valence-electron chi connectivity index (χ3n) is 2.64. The standard InChI is InChI=1S/C9H10BrFO2/c10-7-4-13-8-2-1-5(11)3-6(8)9(7)12/h4-6,8H,1-3H2. The maximum Gasteiger partial charge on any atom is 0.179 e. The molecule has 1 heterocycles. The van der Waals surface area contributed by atoms with E-state index in [1.165, 1.54) is 6.26 Å². The molecule has 1 aliphatic carbocycles. The summed E-state index contributed by atoms with van der Waals surface area (Å²) < 4.78 is 18.8. The highest BCUT2D eigenvalue weighted by molar-refractivity contribution is 9.12. The summed E-state index contributed by atoms with van der Waals surface area (Å²) in [6.45, 7) is 0. The van der Waals surface area contributed by atoms with Gasteiger partial charge >= 0.3 is 0 Å². The number of hydrogen-bond donors (Lipinski definition) is 0. The number of hydrogen-bond acceptors (Lipinski definition) is 2. The van der Waals surface area contributed by atoms with E-state index in [9.17, 15) is 9.18 Å². The van der Waals surface area contributed by atoms with Crippen LogP contribution in [0.15, 0.2) is 10.7 Å². The molecular weight excluding hydrogens is 239 g/mol. The van der Waals surface area contributed by atoms with Crippen molar-refractivity contribution in [3.63, 3.8) is 0 Å². The summed E-state index contributed by atoms with van der Waals surface area (Å²) in [4.78, 5) is 11.5. The molecule has 4 heteroatoms. The highest BCUT2D eigenvalue weighted by Crippen LogP contribution is 2.35. The molecule has 3 unspecified atom stereocenters. The first-order chi connectivity index (χ1) is 6.18. The monoisotopic (exact) mass is 248 g/mol. The van der Waals surface area contributed by atoms with Gasteiger partial charge in [-0.25, -0.2) is 4.39 Å². The molecule has 0 spiro atoms. The van der Waals surface area contributed by atoms with Crippen molar-refractivity contribution in [1.29, 1.82) is 0 Å². The Bertz CT molecular complexity index is 264. The summed E-state index contributed by atoms with van der Waals surface area (Å²) in [6.07, 6.45) is 1.97. The van der Waals surface area contributed by atoms with Crippen molar-refractivity contribution in [2.45, 2.75) is 31.5 Å². The Morgan fingerprint density at radius 2 is 2.31 bits per heavy atom. The second-order valence-corrected chi connectivity index (χ2v) is 4.38. The zero-order valence-corrected chi connectivity index (χ0v) is 8.59. The normalized spacial score (nSPS) is 39.1. The molecular formula is C9H10BrFO2. The summed E-state index contributed by atoms with van der Waals surface area (Å²) in [5, 5.41) is 0. The Morgan fingerprint density at radius 3 is 3.08 bits per heavy atom. The van der Waals surface area contributed by atoms with Crippen LogP contribution in [0.5, 0.6) is 0 Å². The fourth-order valence-electron chi connectivity index (χ4n) is 1.91. The highest BCUT2D eigenvalue weighted by atomic mass is 79.9. The van der Waals surface area contributed by atoms with Gasteiger partial charge in [0.15, 0.2) is 5.78 Å². The van der Waals surface area contributed by atoms with E-state index in [1.807, 2.05) is 0 Å². The van der Waals surface area contributed by atoms with Gasteiger partial charge in [-0.05, 0) is 35.2 Å². The minimum absolute atomic E-state index is 0.0152. The van der Waals surface area contributed by atoms with Crippen molar-refractivity contribution in [1.82, 2.24) is 0 Å². The van der Waals surface area contributed by atoms with E-state index < -0.39 is 6.17 Å². The van der Waals surface area contributed by atoms with Crippen LogP contribution in [0.1, 0.15) is 19.3 Å². The molecule has 0 aromatic heterocycles. The Labute approximate surface area is 84.3 Å². The van der Waals surface area contributed by atoms with Gasteiger partial charge < -0.3 is 4.74 Å². The molecule has 0 aromatic carbocycles. The second-order valence-electron chi connectivity index (χ2n) is 3.52. The Hall–Kier alpha value is -0.380. The van der Waals surface area contributed by atoms with Crippen LogP contribution >= 0.6 is 15.9 Å². The fourth-order valence-corrected chi connectivity index (χ4v) is 2.31. The predicted octanol–water partition coefficient (Wildman–Crippen LogP) is 2.33. The van der Waals surface area contributed by atoms with Crippen molar-refractivity contribution < 1.29 is 13.9 Å². The largest absolute Gasteiger partial charge is 0.496 e. The third-order valence-corrected chi connectivity index (χ3v) is 3.22. The van der Waals surface area contributed by atoms with Gasteiger partial charge in [0.2, 0.25) is 0 Å². The lowest BCUT2D eigenvalue weighted by Crippen LogP contribution is -2.39. The number of ether oxygens (including phenoxy) is 1. The molecule has 72 valence electrons. The summed E-state index contributed by atoms with van der Waals surface area (Å²) in [5.74, 6) is -0.290. The number of carbonyl (C=O) groups excluding carboxylic acids is 1. The number of carbonyl (C=O) groups is 1. The van der Waals surface area contributed by atoms with Crippen LogP contribution < -0.4 is 0 Å². The third kappa shape index (κ3) is 1.64. The molecule has 1 aliphatic heterocycles. The Kier molecular flexibility index (Phi) is 2.41. The van der Waals surface area contributed by atoms with E-state index in [0.717, 1.165) is 0 Å². The van der Waals surface area contributed by atoms with E-state index in [1.54, 1.807) is 0 Å². The summed E-state index contributed by atoms with van der Waals surface area (Å²) >= 11 is 3.10. The summed E-state index contributed by atoms with van der Waals surface area (Å²) in [5.41, 5.74) is 0. The number of Topliss-reactive ketones (excluding diaryl/α,β-unsaturated/α-hetero) is 1. The molecule has 13 heavy (non-hydrogen) atoms.